The van der Waals surface area contributed by atoms with Gasteiger partial charge in [-0.25, -0.2) is 4.79 Å². The molecule has 28 heavy (non-hydrogen) atoms. The molecule has 1 aromatic heterocycles. The number of carbonyl (C=O) groups is 1. The first-order valence-electron chi connectivity index (χ1n) is 9.34. The Morgan fingerprint density at radius 2 is 1.75 bits per heavy atom. The van der Waals surface area contributed by atoms with Crippen molar-refractivity contribution >= 4 is 39.2 Å². The number of hydrogen-bond acceptors (Lipinski definition) is 2. The average molecular weight is 373 g/mol. The molecule has 0 radical (unpaired) electrons. The highest BCUT2D eigenvalue weighted by Crippen LogP contribution is 2.31. The smallest absolute Gasteiger partial charge is 0.323 e. The van der Waals surface area contributed by atoms with Crippen LogP contribution in [0.1, 0.15) is 12.5 Å². The number of rotatable bonds is 4. The maximum atomic E-state index is 12.5. The molecule has 4 rings (SSSR count). The summed E-state index contributed by atoms with van der Waals surface area (Å²) in [5, 5.41) is 8.16. The summed E-state index contributed by atoms with van der Waals surface area (Å²) in [6, 6.07) is 19.7. The van der Waals surface area contributed by atoms with Crippen LogP contribution in [0.2, 0.25) is 0 Å². The number of hydrogen-bond donors (Lipinski definition) is 2. The molecule has 1 heterocycles. The third-order valence-electron chi connectivity index (χ3n) is 5.03. The number of fused-ring (bicyclic) bond motifs is 3. The van der Waals surface area contributed by atoms with Gasteiger partial charge in [-0.15, -0.1) is 0 Å². The molecule has 0 atom stereocenters. The van der Waals surface area contributed by atoms with E-state index in [-0.39, 0.29) is 6.03 Å². The van der Waals surface area contributed by atoms with Crippen molar-refractivity contribution in [2.45, 2.75) is 20.4 Å². The van der Waals surface area contributed by atoms with Gasteiger partial charge in [-0.05, 0) is 61.9 Å². The number of para-hydroxylation sites is 1. The van der Waals surface area contributed by atoms with Crippen LogP contribution in [0.15, 0.2) is 60.7 Å². The number of amides is 2. The van der Waals surface area contributed by atoms with Gasteiger partial charge in [-0.2, -0.15) is 0 Å². The predicted octanol–water partition coefficient (Wildman–Crippen LogP) is 5.78. The normalized spacial score (nSPS) is 11.0. The van der Waals surface area contributed by atoms with Gasteiger partial charge in [0, 0.05) is 39.7 Å². The molecule has 4 aromatic rings. The molecule has 0 bridgehead atoms. The van der Waals surface area contributed by atoms with E-state index in [1.54, 1.807) is 7.11 Å². The van der Waals surface area contributed by atoms with Gasteiger partial charge < -0.3 is 19.9 Å². The fourth-order valence-corrected chi connectivity index (χ4v) is 3.66. The number of aryl methyl sites for hydroxylation is 2. The Morgan fingerprint density at radius 1 is 0.964 bits per heavy atom. The van der Waals surface area contributed by atoms with Crippen LogP contribution in [0, 0.1) is 6.92 Å². The summed E-state index contributed by atoms with van der Waals surface area (Å²) in [6.45, 7) is 4.97. The molecule has 0 aliphatic heterocycles. The van der Waals surface area contributed by atoms with Gasteiger partial charge >= 0.3 is 6.03 Å². The van der Waals surface area contributed by atoms with Gasteiger partial charge in [0.25, 0.3) is 0 Å². The number of urea groups is 1. The fraction of sp³-hybridized carbons (Fsp3) is 0.174. The van der Waals surface area contributed by atoms with E-state index in [0.717, 1.165) is 34.6 Å². The molecule has 3 aromatic carbocycles. The Morgan fingerprint density at radius 3 is 2.50 bits per heavy atom. The molecule has 142 valence electrons. The highest BCUT2D eigenvalue weighted by Gasteiger charge is 2.11. The van der Waals surface area contributed by atoms with E-state index in [0.29, 0.717) is 0 Å². The van der Waals surface area contributed by atoms with Crippen molar-refractivity contribution < 1.29 is 9.53 Å². The van der Waals surface area contributed by atoms with Crippen molar-refractivity contribution in [1.29, 1.82) is 0 Å². The highest BCUT2D eigenvalue weighted by atomic mass is 16.5. The van der Waals surface area contributed by atoms with Crippen LogP contribution in [-0.2, 0) is 6.54 Å². The zero-order chi connectivity index (χ0) is 19.7. The largest absolute Gasteiger partial charge is 0.497 e. The summed E-state index contributed by atoms with van der Waals surface area (Å²) in [6.07, 6.45) is 0. The summed E-state index contributed by atoms with van der Waals surface area (Å²) in [4.78, 5) is 12.5. The Hall–Kier alpha value is -3.47. The van der Waals surface area contributed by atoms with Crippen LogP contribution in [0.25, 0.3) is 21.8 Å². The minimum absolute atomic E-state index is 0.271. The van der Waals surface area contributed by atoms with Crippen molar-refractivity contribution in [2.24, 2.45) is 0 Å². The molecule has 0 fully saturated rings. The molecule has 0 saturated heterocycles. The Labute approximate surface area is 163 Å². The Bertz CT molecular complexity index is 1180. The number of nitrogens with one attached hydrogen (secondary N) is 2. The molecule has 0 spiro atoms. The maximum Gasteiger partial charge on any atom is 0.323 e. The second kappa shape index (κ2) is 7.27. The van der Waals surface area contributed by atoms with Crippen molar-refractivity contribution in [3.63, 3.8) is 0 Å². The molecule has 0 unspecified atom stereocenters. The van der Waals surface area contributed by atoms with Crippen molar-refractivity contribution in [3.8, 4) is 5.75 Å². The van der Waals surface area contributed by atoms with E-state index < -0.39 is 0 Å². The lowest BCUT2D eigenvalue weighted by molar-refractivity contribution is 0.262. The van der Waals surface area contributed by atoms with Gasteiger partial charge in [0.15, 0.2) is 0 Å². The number of nitrogens with zero attached hydrogens (tertiary/aromatic N) is 1. The summed E-state index contributed by atoms with van der Waals surface area (Å²) < 4.78 is 7.49. The Kier molecular flexibility index (Phi) is 4.65. The van der Waals surface area contributed by atoms with Crippen LogP contribution in [-0.4, -0.2) is 17.7 Å². The van der Waals surface area contributed by atoms with Crippen molar-refractivity contribution in [1.82, 2.24) is 4.57 Å². The topological polar surface area (TPSA) is 55.3 Å². The molecule has 0 aliphatic carbocycles. The zero-order valence-electron chi connectivity index (χ0n) is 16.2. The molecule has 5 nitrogen and oxygen atoms in total. The lowest BCUT2D eigenvalue weighted by Crippen LogP contribution is -2.19. The van der Waals surface area contributed by atoms with Gasteiger partial charge in [-0.1, -0.05) is 18.2 Å². The monoisotopic (exact) mass is 373 g/mol. The minimum atomic E-state index is -0.271. The minimum Gasteiger partial charge on any atom is -0.497 e. The molecule has 0 aliphatic rings. The van der Waals surface area contributed by atoms with Crippen molar-refractivity contribution in [2.75, 3.05) is 17.7 Å². The predicted molar refractivity (Wildman–Crippen MR) is 115 cm³/mol. The van der Waals surface area contributed by atoms with Crippen LogP contribution >= 0.6 is 0 Å². The van der Waals surface area contributed by atoms with Crippen molar-refractivity contribution in [3.05, 3.63) is 66.2 Å². The molecule has 2 amide bonds. The van der Waals surface area contributed by atoms with Gasteiger partial charge in [0.2, 0.25) is 0 Å². The van der Waals surface area contributed by atoms with Crippen LogP contribution in [0.3, 0.4) is 0 Å². The SMILES string of the molecule is CCn1c2ccccc2c2cc(NC(=O)Nc3ccc(OC)cc3C)ccc21. The van der Waals surface area contributed by atoms with E-state index in [1.807, 2.05) is 43.3 Å². The van der Waals surface area contributed by atoms with E-state index >= 15 is 0 Å². The first kappa shape index (κ1) is 17.9. The summed E-state index contributed by atoms with van der Waals surface area (Å²) in [5.41, 5.74) is 4.82. The third kappa shape index (κ3) is 3.16. The second-order valence-electron chi connectivity index (χ2n) is 6.75. The zero-order valence-corrected chi connectivity index (χ0v) is 16.2. The summed E-state index contributed by atoms with van der Waals surface area (Å²) in [5.74, 6) is 0.765. The van der Waals surface area contributed by atoms with Crippen LogP contribution in [0.5, 0.6) is 5.75 Å². The lowest BCUT2D eigenvalue weighted by atomic mass is 10.1. The lowest BCUT2D eigenvalue weighted by Gasteiger charge is -2.11. The van der Waals surface area contributed by atoms with E-state index in [4.69, 9.17) is 4.74 Å². The average Bonchev–Trinajstić information content (AvgIpc) is 3.02. The molecular weight excluding hydrogens is 350 g/mol. The Balaban J connectivity index is 1.61. The number of carbonyl (C=O) groups excluding carboxylic acids is 1. The number of benzene rings is 3. The maximum absolute atomic E-state index is 12.5. The van der Waals surface area contributed by atoms with Gasteiger partial charge in [0.1, 0.15) is 5.75 Å². The van der Waals surface area contributed by atoms with E-state index in [2.05, 4.69) is 46.4 Å². The summed E-state index contributed by atoms with van der Waals surface area (Å²) in [7, 11) is 1.63. The standard InChI is InChI=1S/C23H23N3O2/c1-4-26-21-8-6-5-7-18(21)19-14-16(9-12-22(19)26)24-23(27)25-20-11-10-17(28-3)13-15(20)2/h5-14H,4H2,1-3H3,(H2,24,25,27). The van der Waals surface area contributed by atoms with Gasteiger partial charge in [0.05, 0.1) is 7.11 Å². The summed E-state index contributed by atoms with van der Waals surface area (Å²) >= 11 is 0. The van der Waals surface area contributed by atoms with Crippen LogP contribution < -0.4 is 15.4 Å². The molecular formula is C23H23N3O2. The molecule has 5 heteroatoms. The third-order valence-corrected chi connectivity index (χ3v) is 5.03. The number of methoxy groups -OCH3 is 1. The fourth-order valence-electron chi connectivity index (χ4n) is 3.66. The number of anilines is 2. The van der Waals surface area contributed by atoms with Crippen LogP contribution in [0.4, 0.5) is 16.2 Å². The number of ether oxygens (including phenoxy) is 1. The number of aromatic nitrogens is 1. The molecule has 2 N–H and O–H groups in total. The molecule has 0 saturated carbocycles. The van der Waals surface area contributed by atoms with E-state index in [1.165, 1.54) is 16.4 Å². The first-order valence-corrected chi connectivity index (χ1v) is 9.34. The quantitative estimate of drug-likeness (QED) is 0.477. The second-order valence-corrected chi connectivity index (χ2v) is 6.75. The van der Waals surface area contributed by atoms with E-state index in [9.17, 15) is 4.79 Å². The van der Waals surface area contributed by atoms with Gasteiger partial charge in [-0.3, -0.25) is 0 Å². The highest BCUT2D eigenvalue weighted by molar-refractivity contribution is 6.10. The first-order chi connectivity index (χ1) is 13.6.